The van der Waals surface area contributed by atoms with Gasteiger partial charge in [0.1, 0.15) is 6.61 Å². The number of rotatable bonds is 13. The summed E-state index contributed by atoms with van der Waals surface area (Å²) in [5, 5.41) is 21.1. The maximum absolute atomic E-state index is 13.0. The Morgan fingerprint density at radius 2 is 1.76 bits per heavy atom. The van der Waals surface area contributed by atoms with Gasteiger partial charge in [0.05, 0.1) is 18.2 Å². The minimum atomic E-state index is -1.83. The number of hydrogen-bond acceptors (Lipinski definition) is 6. The molecule has 10 nitrogen and oxygen atoms in total. The number of carboxylic acid groups (broad SMARTS) is 2. The summed E-state index contributed by atoms with van der Waals surface area (Å²) in [4.78, 5) is 49.0. The Balaban J connectivity index is 2.39. The number of nitrogens with one attached hydrogen (secondary N) is 1. The van der Waals surface area contributed by atoms with Crippen molar-refractivity contribution in [3.05, 3.63) is 64.1 Å². The van der Waals surface area contributed by atoms with Gasteiger partial charge in [-0.1, -0.05) is 43.7 Å². The van der Waals surface area contributed by atoms with Crippen molar-refractivity contribution in [3.63, 3.8) is 0 Å². The van der Waals surface area contributed by atoms with Crippen LogP contribution in [0.1, 0.15) is 35.7 Å². The number of benzene rings is 1. The summed E-state index contributed by atoms with van der Waals surface area (Å²) < 4.78 is 12.1. The summed E-state index contributed by atoms with van der Waals surface area (Å²) >= 11 is 0. The fourth-order valence-electron chi connectivity index (χ4n) is 3.30. The van der Waals surface area contributed by atoms with Gasteiger partial charge in [-0.2, -0.15) is 0 Å². The van der Waals surface area contributed by atoms with Gasteiger partial charge in [-0.05, 0) is 18.1 Å². The van der Waals surface area contributed by atoms with Crippen molar-refractivity contribution in [2.75, 3.05) is 13.7 Å². The number of nitrogens with zero attached hydrogens (tertiary/aromatic N) is 1. The van der Waals surface area contributed by atoms with Gasteiger partial charge in [0.25, 0.3) is 11.5 Å². The van der Waals surface area contributed by atoms with Gasteiger partial charge >= 0.3 is 11.9 Å². The molecule has 0 spiro atoms. The monoisotopic (exact) mass is 460 g/mol. The molecule has 2 rings (SSSR count). The lowest BCUT2D eigenvalue weighted by atomic mass is 9.95. The molecule has 0 bridgehead atoms. The van der Waals surface area contributed by atoms with Crippen molar-refractivity contribution in [2.24, 2.45) is 5.92 Å². The average molecular weight is 460 g/mol. The van der Waals surface area contributed by atoms with Gasteiger partial charge in [0.2, 0.25) is 0 Å². The minimum Gasteiger partial charge on any atom is -0.482 e. The highest BCUT2D eigenvalue weighted by molar-refractivity contribution is 5.99. The van der Waals surface area contributed by atoms with Crippen molar-refractivity contribution in [2.45, 2.75) is 39.0 Å². The molecule has 0 aliphatic heterocycles. The van der Waals surface area contributed by atoms with Gasteiger partial charge < -0.3 is 29.6 Å². The summed E-state index contributed by atoms with van der Waals surface area (Å²) in [5.41, 5.74) is 0.104. The first-order valence-corrected chi connectivity index (χ1v) is 10.5. The number of aromatic nitrogens is 1. The Kier molecular flexibility index (Phi) is 9.62. The molecule has 1 atom stereocenters. The Morgan fingerprint density at radius 3 is 2.33 bits per heavy atom. The van der Waals surface area contributed by atoms with Crippen LogP contribution >= 0.6 is 0 Å². The molecule has 0 saturated carbocycles. The predicted molar refractivity (Wildman–Crippen MR) is 118 cm³/mol. The van der Waals surface area contributed by atoms with Crippen LogP contribution in [0.5, 0.6) is 5.75 Å². The molecule has 1 aromatic carbocycles. The maximum Gasteiger partial charge on any atom is 0.320 e. The smallest absolute Gasteiger partial charge is 0.320 e. The summed E-state index contributed by atoms with van der Waals surface area (Å²) in [6.07, 6.45) is 1.98. The molecule has 10 heteroatoms. The van der Waals surface area contributed by atoms with Gasteiger partial charge in [0.15, 0.2) is 11.7 Å². The highest BCUT2D eigenvalue weighted by Gasteiger charge is 2.36. The maximum atomic E-state index is 13.0. The first-order chi connectivity index (χ1) is 15.8. The van der Waals surface area contributed by atoms with Crippen LogP contribution in [0.2, 0.25) is 0 Å². The average Bonchev–Trinajstić information content (AvgIpc) is 2.77. The van der Waals surface area contributed by atoms with Crippen molar-refractivity contribution in [1.29, 1.82) is 0 Å². The third-order valence-electron chi connectivity index (χ3n) is 4.98. The first-order valence-electron chi connectivity index (χ1n) is 10.5. The Hall–Kier alpha value is -3.66. The lowest BCUT2D eigenvalue weighted by Gasteiger charge is -2.22. The molecule has 0 aliphatic rings. The SMILES string of the molecule is CCCC(NC(=O)c1ccn(CCOC)c(=O)c1OCc1ccccc1)C(C(=O)O)C(=O)O. The Morgan fingerprint density at radius 1 is 1.09 bits per heavy atom. The lowest BCUT2D eigenvalue weighted by Crippen LogP contribution is -2.47. The number of hydrogen-bond donors (Lipinski definition) is 3. The Bertz CT molecular complexity index is 1000. The van der Waals surface area contributed by atoms with Crippen LogP contribution in [0, 0.1) is 5.92 Å². The van der Waals surface area contributed by atoms with Crippen molar-refractivity contribution in [3.8, 4) is 5.75 Å². The Labute approximate surface area is 190 Å². The van der Waals surface area contributed by atoms with Crippen molar-refractivity contribution >= 4 is 17.8 Å². The zero-order valence-electron chi connectivity index (χ0n) is 18.5. The summed E-state index contributed by atoms with van der Waals surface area (Å²) in [7, 11) is 1.49. The molecule has 0 aliphatic carbocycles. The highest BCUT2D eigenvalue weighted by Crippen LogP contribution is 2.18. The first kappa shape index (κ1) is 25.6. The third kappa shape index (κ3) is 6.91. The van der Waals surface area contributed by atoms with Gasteiger partial charge in [-0.3, -0.25) is 19.2 Å². The molecule has 0 saturated heterocycles. The topological polar surface area (TPSA) is 144 Å². The van der Waals surface area contributed by atoms with Gasteiger partial charge in [0, 0.05) is 19.9 Å². The van der Waals surface area contributed by atoms with Crippen LogP contribution in [0.25, 0.3) is 0 Å². The molecule has 1 unspecified atom stereocenters. The minimum absolute atomic E-state index is 0.0237. The molecule has 1 amide bonds. The zero-order chi connectivity index (χ0) is 24.4. The molecule has 3 N–H and O–H groups in total. The standard InChI is InChI=1S/C23H28N2O8/c1-3-7-17(18(22(28)29)23(30)31)24-20(26)16-10-11-25(12-13-32-2)21(27)19(16)33-14-15-8-5-4-6-9-15/h4-6,8-11,17-18H,3,7,12-14H2,1-2H3,(H,24,26)(H,28,29)(H,30,31). The van der Waals surface area contributed by atoms with E-state index < -0.39 is 35.4 Å². The number of carboxylic acids is 2. The zero-order valence-corrected chi connectivity index (χ0v) is 18.5. The van der Waals surface area contributed by atoms with Crippen molar-refractivity contribution in [1.82, 2.24) is 9.88 Å². The molecule has 1 aromatic heterocycles. The van der Waals surface area contributed by atoms with Crippen LogP contribution in [0.3, 0.4) is 0 Å². The predicted octanol–water partition coefficient (Wildman–Crippen LogP) is 1.76. The molecule has 178 valence electrons. The van der Waals surface area contributed by atoms with E-state index in [1.165, 1.54) is 23.9 Å². The van der Waals surface area contributed by atoms with Crippen LogP contribution in [0.4, 0.5) is 0 Å². The van der Waals surface area contributed by atoms with Crippen LogP contribution in [-0.2, 0) is 27.5 Å². The van der Waals surface area contributed by atoms with E-state index in [2.05, 4.69) is 5.32 Å². The van der Waals surface area contributed by atoms with E-state index >= 15 is 0 Å². The second kappa shape index (κ2) is 12.4. The lowest BCUT2D eigenvalue weighted by molar-refractivity contribution is -0.155. The van der Waals surface area contributed by atoms with Gasteiger partial charge in [-0.25, -0.2) is 0 Å². The number of carbonyl (C=O) groups is 3. The van der Waals surface area contributed by atoms with Crippen molar-refractivity contribution < 1.29 is 34.1 Å². The molecule has 1 heterocycles. The van der Waals surface area contributed by atoms with E-state index in [-0.39, 0.29) is 37.5 Å². The van der Waals surface area contributed by atoms with E-state index in [0.717, 1.165) is 5.56 Å². The largest absolute Gasteiger partial charge is 0.482 e. The normalized spacial score (nSPS) is 11.7. The summed E-state index contributed by atoms with van der Waals surface area (Å²) in [5.74, 6) is -5.95. The van der Waals surface area contributed by atoms with Crippen LogP contribution in [0.15, 0.2) is 47.4 Å². The van der Waals surface area contributed by atoms with E-state index in [1.54, 1.807) is 19.1 Å². The van der Waals surface area contributed by atoms with Crippen LogP contribution < -0.4 is 15.6 Å². The van der Waals surface area contributed by atoms with E-state index in [9.17, 15) is 29.4 Å². The fraction of sp³-hybridized carbons (Fsp3) is 0.391. The molecule has 0 radical (unpaired) electrons. The quantitative estimate of drug-likeness (QED) is 0.384. The molecule has 2 aromatic rings. The number of amides is 1. The second-order valence-electron chi connectivity index (χ2n) is 7.35. The second-order valence-corrected chi connectivity index (χ2v) is 7.35. The van der Waals surface area contributed by atoms with E-state index in [4.69, 9.17) is 9.47 Å². The number of pyridine rings is 1. The molecular formula is C23H28N2O8. The van der Waals surface area contributed by atoms with E-state index in [0.29, 0.717) is 6.42 Å². The van der Waals surface area contributed by atoms with Crippen LogP contribution in [-0.4, -0.2) is 52.4 Å². The third-order valence-corrected chi connectivity index (χ3v) is 4.98. The van der Waals surface area contributed by atoms with Gasteiger partial charge in [-0.15, -0.1) is 0 Å². The summed E-state index contributed by atoms with van der Waals surface area (Å²) in [6, 6.07) is 9.25. The van der Waals surface area contributed by atoms with E-state index in [1.807, 2.05) is 18.2 Å². The molecule has 0 fully saturated rings. The number of aliphatic carboxylic acids is 2. The highest BCUT2D eigenvalue weighted by atomic mass is 16.5. The number of carbonyl (C=O) groups excluding carboxylic acids is 1. The molecular weight excluding hydrogens is 432 g/mol. The molecule has 33 heavy (non-hydrogen) atoms. The number of methoxy groups -OCH3 is 1. The fourth-order valence-corrected chi connectivity index (χ4v) is 3.30. The number of ether oxygens (including phenoxy) is 2. The summed E-state index contributed by atoms with van der Waals surface area (Å²) in [6.45, 7) is 2.26.